The van der Waals surface area contributed by atoms with Crippen molar-refractivity contribution in [3.8, 4) is 0 Å². The largest absolute Gasteiger partial charge is 0.383 e. The first kappa shape index (κ1) is 19.1. The quantitative estimate of drug-likeness (QED) is 0.646. The molecule has 1 aliphatic rings. The van der Waals surface area contributed by atoms with E-state index in [1.165, 1.54) is 0 Å². The molecule has 1 fully saturated rings. The lowest BCUT2D eigenvalue weighted by Gasteiger charge is -2.28. The van der Waals surface area contributed by atoms with Crippen LogP contribution in [0, 0.1) is 5.92 Å². The summed E-state index contributed by atoms with van der Waals surface area (Å²) in [7, 11) is 1.61. The van der Waals surface area contributed by atoms with E-state index < -0.39 is 5.92 Å². The number of amides is 2. The number of rotatable bonds is 7. The standard InChI is InChI=1S/C22H24N4O3/c1-29-12-11-26-20(27)13-16(21(26)15-7-3-2-4-8-15)22(28)23-14-19-24-17-9-5-6-10-18(17)25-19/h2-10,16,21H,11-14H2,1H3,(H,23,28)(H,24,25)/t16-,21+/m1/s1. The fourth-order valence-corrected chi connectivity index (χ4v) is 3.93. The molecule has 2 heterocycles. The number of benzene rings is 2. The van der Waals surface area contributed by atoms with Gasteiger partial charge in [-0.3, -0.25) is 9.59 Å². The Balaban J connectivity index is 1.51. The van der Waals surface area contributed by atoms with Gasteiger partial charge in [0.05, 0.1) is 36.1 Å². The van der Waals surface area contributed by atoms with Gasteiger partial charge in [-0.1, -0.05) is 42.5 Å². The van der Waals surface area contributed by atoms with E-state index in [0.29, 0.717) is 19.0 Å². The molecule has 4 rings (SSSR count). The van der Waals surface area contributed by atoms with E-state index in [0.717, 1.165) is 16.6 Å². The molecule has 0 bridgehead atoms. The maximum Gasteiger partial charge on any atom is 0.226 e. The fourth-order valence-electron chi connectivity index (χ4n) is 3.93. The summed E-state index contributed by atoms with van der Waals surface area (Å²) in [6.07, 6.45) is 0.190. The summed E-state index contributed by atoms with van der Waals surface area (Å²) in [6, 6.07) is 17.1. The molecule has 2 atom stereocenters. The highest BCUT2D eigenvalue weighted by Crippen LogP contribution is 2.38. The molecule has 0 aliphatic carbocycles. The van der Waals surface area contributed by atoms with Gasteiger partial charge in [0.2, 0.25) is 11.8 Å². The van der Waals surface area contributed by atoms with E-state index in [-0.39, 0.29) is 30.8 Å². The second-order valence-corrected chi connectivity index (χ2v) is 7.16. The van der Waals surface area contributed by atoms with Gasteiger partial charge in [0.25, 0.3) is 0 Å². The average Bonchev–Trinajstić information content (AvgIpc) is 3.31. The number of methoxy groups -OCH3 is 1. The number of fused-ring (bicyclic) bond motifs is 1. The zero-order valence-corrected chi connectivity index (χ0v) is 16.3. The monoisotopic (exact) mass is 392 g/mol. The van der Waals surface area contributed by atoms with E-state index in [1.54, 1.807) is 12.0 Å². The number of nitrogens with one attached hydrogen (secondary N) is 2. The van der Waals surface area contributed by atoms with Crippen molar-refractivity contribution in [2.24, 2.45) is 5.92 Å². The summed E-state index contributed by atoms with van der Waals surface area (Å²) in [4.78, 5) is 35.1. The number of imidazole rings is 1. The third kappa shape index (κ3) is 4.00. The first-order valence-electron chi connectivity index (χ1n) is 9.72. The van der Waals surface area contributed by atoms with Crippen LogP contribution in [0.1, 0.15) is 23.9 Å². The molecule has 0 spiro atoms. The molecule has 1 aliphatic heterocycles. The number of carbonyl (C=O) groups is 2. The zero-order valence-electron chi connectivity index (χ0n) is 16.3. The van der Waals surface area contributed by atoms with Crippen LogP contribution in [0.15, 0.2) is 54.6 Å². The van der Waals surface area contributed by atoms with Gasteiger partial charge in [-0.25, -0.2) is 4.98 Å². The predicted octanol–water partition coefficient (Wildman–Crippen LogP) is 2.42. The van der Waals surface area contributed by atoms with Crippen molar-refractivity contribution in [2.75, 3.05) is 20.3 Å². The van der Waals surface area contributed by atoms with Crippen molar-refractivity contribution < 1.29 is 14.3 Å². The minimum atomic E-state index is -0.453. The maximum atomic E-state index is 13.0. The number of aromatic amines is 1. The highest BCUT2D eigenvalue weighted by molar-refractivity contribution is 5.90. The first-order valence-corrected chi connectivity index (χ1v) is 9.72. The Morgan fingerprint density at radius 1 is 1.21 bits per heavy atom. The fraction of sp³-hybridized carbons (Fsp3) is 0.318. The lowest BCUT2D eigenvalue weighted by atomic mass is 9.93. The van der Waals surface area contributed by atoms with Crippen LogP contribution in [-0.2, 0) is 20.9 Å². The van der Waals surface area contributed by atoms with E-state index in [4.69, 9.17) is 4.74 Å². The van der Waals surface area contributed by atoms with Crippen LogP contribution in [0.2, 0.25) is 0 Å². The Hall–Kier alpha value is -3.19. The molecule has 0 radical (unpaired) electrons. The molecule has 0 unspecified atom stereocenters. The Morgan fingerprint density at radius 3 is 2.72 bits per heavy atom. The van der Waals surface area contributed by atoms with E-state index in [2.05, 4.69) is 15.3 Å². The van der Waals surface area contributed by atoms with E-state index in [9.17, 15) is 9.59 Å². The lowest BCUT2D eigenvalue weighted by Crippen LogP contribution is -2.36. The van der Waals surface area contributed by atoms with Gasteiger partial charge < -0.3 is 19.9 Å². The van der Waals surface area contributed by atoms with E-state index >= 15 is 0 Å². The van der Waals surface area contributed by atoms with Crippen LogP contribution in [-0.4, -0.2) is 46.9 Å². The van der Waals surface area contributed by atoms with Crippen LogP contribution < -0.4 is 5.32 Å². The van der Waals surface area contributed by atoms with Gasteiger partial charge in [0, 0.05) is 20.1 Å². The topological polar surface area (TPSA) is 87.3 Å². The van der Waals surface area contributed by atoms with Crippen LogP contribution in [0.25, 0.3) is 11.0 Å². The number of carbonyl (C=O) groups excluding carboxylic acids is 2. The first-order chi connectivity index (χ1) is 14.2. The third-order valence-corrected chi connectivity index (χ3v) is 5.31. The second-order valence-electron chi connectivity index (χ2n) is 7.16. The van der Waals surface area contributed by atoms with Crippen molar-refractivity contribution in [2.45, 2.75) is 19.0 Å². The van der Waals surface area contributed by atoms with Gasteiger partial charge in [-0.2, -0.15) is 0 Å². The maximum absolute atomic E-state index is 13.0. The number of nitrogens with zero attached hydrogens (tertiary/aromatic N) is 2. The summed E-state index contributed by atoms with van der Waals surface area (Å²) in [5.74, 6) is 0.0647. The highest BCUT2D eigenvalue weighted by atomic mass is 16.5. The minimum absolute atomic E-state index is 0.0280. The smallest absolute Gasteiger partial charge is 0.226 e. The molecule has 3 aromatic rings. The molecule has 2 N–H and O–H groups in total. The molecule has 7 nitrogen and oxygen atoms in total. The number of ether oxygens (including phenoxy) is 1. The van der Waals surface area contributed by atoms with Crippen molar-refractivity contribution in [1.29, 1.82) is 0 Å². The summed E-state index contributed by atoms with van der Waals surface area (Å²) in [5, 5.41) is 2.96. The molecule has 7 heteroatoms. The number of para-hydroxylation sites is 2. The number of aromatic nitrogens is 2. The van der Waals surface area contributed by atoms with Crippen LogP contribution >= 0.6 is 0 Å². The Kier molecular flexibility index (Phi) is 5.57. The second kappa shape index (κ2) is 8.45. The van der Waals surface area contributed by atoms with Crippen LogP contribution in [0.5, 0.6) is 0 Å². The molecular weight excluding hydrogens is 368 g/mol. The Labute approximate surface area is 169 Å². The molecule has 29 heavy (non-hydrogen) atoms. The van der Waals surface area contributed by atoms with Gasteiger partial charge in [-0.15, -0.1) is 0 Å². The zero-order chi connectivity index (χ0) is 20.2. The summed E-state index contributed by atoms with van der Waals surface area (Å²) >= 11 is 0. The molecule has 1 aromatic heterocycles. The minimum Gasteiger partial charge on any atom is -0.383 e. The van der Waals surface area contributed by atoms with Gasteiger partial charge in [0.15, 0.2) is 0 Å². The van der Waals surface area contributed by atoms with Crippen LogP contribution in [0.3, 0.4) is 0 Å². The lowest BCUT2D eigenvalue weighted by molar-refractivity contribution is -0.129. The summed E-state index contributed by atoms with van der Waals surface area (Å²) < 4.78 is 5.16. The number of likely N-dealkylation sites (tertiary alicyclic amines) is 1. The number of hydrogen-bond donors (Lipinski definition) is 2. The Bertz CT molecular complexity index is 968. The SMILES string of the molecule is COCCN1C(=O)C[C@@H](C(=O)NCc2nc3ccccc3[nH]2)[C@@H]1c1ccccc1. The molecule has 2 aromatic carbocycles. The Morgan fingerprint density at radius 2 is 1.97 bits per heavy atom. The molecule has 2 amide bonds. The summed E-state index contributed by atoms with van der Waals surface area (Å²) in [5.41, 5.74) is 2.75. The van der Waals surface area contributed by atoms with Crippen molar-refractivity contribution in [3.63, 3.8) is 0 Å². The number of H-pyrrole nitrogens is 1. The molecule has 150 valence electrons. The average molecular weight is 392 g/mol. The summed E-state index contributed by atoms with van der Waals surface area (Å²) in [6.45, 7) is 1.18. The van der Waals surface area contributed by atoms with Crippen molar-refractivity contribution in [1.82, 2.24) is 20.2 Å². The molecule has 1 saturated heterocycles. The van der Waals surface area contributed by atoms with Gasteiger partial charge in [0.1, 0.15) is 5.82 Å². The molecular formula is C22H24N4O3. The highest BCUT2D eigenvalue weighted by Gasteiger charge is 2.44. The van der Waals surface area contributed by atoms with Crippen molar-refractivity contribution in [3.05, 3.63) is 66.0 Å². The van der Waals surface area contributed by atoms with Crippen LogP contribution in [0.4, 0.5) is 0 Å². The normalized spacial score (nSPS) is 19.1. The van der Waals surface area contributed by atoms with Gasteiger partial charge in [-0.05, 0) is 17.7 Å². The third-order valence-electron chi connectivity index (χ3n) is 5.31. The van der Waals surface area contributed by atoms with E-state index in [1.807, 2.05) is 54.6 Å². The number of hydrogen-bond acceptors (Lipinski definition) is 4. The molecule has 0 saturated carbocycles. The van der Waals surface area contributed by atoms with Crippen molar-refractivity contribution >= 4 is 22.8 Å². The predicted molar refractivity (Wildman–Crippen MR) is 109 cm³/mol. The van der Waals surface area contributed by atoms with Gasteiger partial charge >= 0.3 is 0 Å².